The van der Waals surface area contributed by atoms with E-state index in [0.29, 0.717) is 5.92 Å². The van der Waals surface area contributed by atoms with Gasteiger partial charge in [0.2, 0.25) is 5.91 Å². The fourth-order valence-electron chi connectivity index (χ4n) is 2.62. The van der Waals surface area contributed by atoms with Gasteiger partial charge in [-0.05, 0) is 40.5 Å². The molecule has 1 heterocycles. The molecule has 0 fully saturated rings. The van der Waals surface area contributed by atoms with Crippen LogP contribution < -0.4 is 15.5 Å². The molecular weight excluding hydrogens is 318 g/mol. The van der Waals surface area contributed by atoms with Gasteiger partial charge in [0, 0.05) is 29.3 Å². The molecule has 0 aliphatic carbocycles. The van der Waals surface area contributed by atoms with E-state index in [4.69, 9.17) is 0 Å². The highest BCUT2D eigenvalue weighted by molar-refractivity contribution is 9.10. The predicted octanol–water partition coefficient (Wildman–Crippen LogP) is 3.14. The molecule has 0 bridgehead atoms. The molecule has 20 heavy (non-hydrogen) atoms. The van der Waals surface area contributed by atoms with Crippen LogP contribution in [0.3, 0.4) is 0 Å². The predicted molar refractivity (Wildman–Crippen MR) is 87.3 cm³/mol. The second-order valence-corrected chi connectivity index (χ2v) is 6.50. The summed E-state index contributed by atoms with van der Waals surface area (Å²) in [5.74, 6) is 0.613. The maximum Gasteiger partial charge on any atom is 0.246 e. The van der Waals surface area contributed by atoms with Gasteiger partial charge in [-0.2, -0.15) is 0 Å². The highest BCUT2D eigenvalue weighted by Gasteiger charge is 2.31. The highest BCUT2D eigenvalue weighted by atomic mass is 79.9. The monoisotopic (exact) mass is 339 g/mol. The minimum absolute atomic E-state index is 0.0254. The molecule has 2 N–H and O–H groups in total. The van der Waals surface area contributed by atoms with Crippen LogP contribution in [-0.2, 0) is 4.79 Å². The smallest absolute Gasteiger partial charge is 0.246 e. The van der Waals surface area contributed by atoms with Gasteiger partial charge in [0.25, 0.3) is 0 Å². The topological polar surface area (TPSA) is 44.4 Å². The summed E-state index contributed by atoms with van der Waals surface area (Å²) >= 11 is 3.63. The standard InChI is InChI=1S/C15H22BrN3O/c1-5-17-14-10-6-11(16)13(19(4)8-9(2)3)7-12(10)18-15(14)20/h6-7,9,14,17H,5,8H2,1-4H3,(H,18,20). The maximum absolute atomic E-state index is 12.0. The molecular formula is C15H22BrN3O. The molecule has 0 aromatic heterocycles. The normalized spacial score (nSPS) is 17.3. The number of carbonyl (C=O) groups excluding carboxylic acids is 1. The molecule has 0 spiro atoms. The van der Waals surface area contributed by atoms with E-state index in [1.807, 2.05) is 13.0 Å². The lowest BCUT2D eigenvalue weighted by Gasteiger charge is -2.23. The lowest BCUT2D eigenvalue weighted by atomic mass is 10.1. The van der Waals surface area contributed by atoms with Gasteiger partial charge in [-0.15, -0.1) is 0 Å². The van der Waals surface area contributed by atoms with E-state index < -0.39 is 0 Å². The average molecular weight is 340 g/mol. The summed E-state index contributed by atoms with van der Waals surface area (Å²) < 4.78 is 1.03. The van der Waals surface area contributed by atoms with Crippen LogP contribution in [0.15, 0.2) is 16.6 Å². The second kappa shape index (κ2) is 6.14. The Kier molecular flexibility index (Phi) is 4.70. The lowest BCUT2D eigenvalue weighted by molar-refractivity contribution is -0.117. The van der Waals surface area contributed by atoms with Crippen LogP contribution in [0.2, 0.25) is 0 Å². The first-order valence-corrected chi connectivity index (χ1v) is 7.82. The summed E-state index contributed by atoms with van der Waals surface area (Å²) in [6, 6.07) is 3.86. The number of hydrogen-bond acceptors (Lipinski definition) is 3. The van der Waals surface area contributed by atoms with Crippen molar-refractivity contribution >= 4 is 33.2 Å². The van der Waals surface area contributed by atoms with Crippen molar-refractivity contribution in [1.82, 2.24) is 5.32 Å². The molecule has 1 aliphatic heterocycles. The third-order valence-corrected chi connectivity index (χ3v) is 4.04. The molecule has 4 nitrogen and oxygen atoms in total. The molecule has 1 aromatic carbocycles. The van der Waals surface area contributed by atoms with Gasteiger partial charge in [-0.3, -0.25) is 4.79 Å². The lowest BCUT2D eigenvalue weighted by Crippen LogP contribution is -2.27. The highest BCUT2D eigenvalue weighted by Crippen LogP contribution is 2.38. The van der Waals surface area contributed by atoms with Crippen LogP contribution in [0, 0.1) is 5.92 Å². The van der Waals surface area contributed by atoms with Crippen molar-refractivity contribution < 1.29 is 4.79 Å². The molecule has 110 valence electrons. The van der Waals surface area contributed by atoms with Crippen molar-refractivity contribution in [2.45, 2.75) is 26.8 Å². The summed E-state index contributed by atoms with van der Waals surface area (Å²) in [6.07, 6.45) is 0. The van der Waals surface area contributed by atoms with Crippen molar-refractivity contribution in [2.24, 2.45) is 5.92 Å². The molecule has 5 heteroatoms. The largest absolute Gasteiger partial charge is 0.373 e. The average Bonchev–Trinajstić information content (AvgIpc) is 2.64. The van der Waals surface area contributed by atoms with E-state index in [1.165, 1.54) is 0 Å². The Balaban J connectivity index is 2.33. The van der Waals surface area contributed by atoms with Crippen LogP contribution >= 0.6 is 15.9 Å². The summed E-state index contributed by atoms with van der Waals surface area (Å²) in [5.41, 5.74) is 3.04. The Morgan fingerprint density at radius 1 is 1.45 bits per heavy atom. The minimum atomic E-state index is -0.240. The summed E-state index contributed by atoms with van der Waals surface area (Å²) in [5, 5.41) is 6.17. The molecule has 1 aromatic rings. The molecule has 1 unspecified atom stereocenters. The first-order valence-electron chi connectivity index (χ1n) is 7.02. The van der Waals surface area contributed by atoms with Crippen LogP contribution in [0.4, 0.5) is 11.4 Å². The van der Waals surface area contributed by atoms with E-state index in [-0.39, 0.29) is 11.9 Å². The van der Waals surface area contributed by atoms with E-state index in [2.05, 4.69) is 58.4 Å². The number of hydrogen-bond donors (Lipinski definition) is 2. The van der Waals surface area contributed by atoms with Crippen molar-refractivity contribution in [1.29, 1.82) is 0 Å². The van der Waals surface area contributed by atoms with Crippen molar-refractivity contribution in [3.63, 3.8) is 0 Å². The SMILES string of the molecule is CCNC1C(=O)Nc2cc(N(C)CC(C)C)c(Br)cc21. The summed E-state index contributed by atoms with van der Waals surface area (Å²) in [7, 11) is 2.07. The molecule has 0 saturated heterocycles. The molecule has 0 saturated carbocycles. The maximum atomic E-state index is 12.0. The molecule has 2 rings (SSSR count). The van der Waals surface area contributed by atoms with Crippen LogP contribution in [-0.4, -0.2) is 26.0 Å². The van der Waals surface area contributed by atoms with Crippen molar-refractivity contribution in [3.05, 3.63) is 22.2 Å². The zero-order chi connectivity index (χ0) is 14.9. The van der Waals surface area contributed by atoms with E-state index >= 15 is 0 Å². The molecule has 1 aliphatic rings. The number of carbonyl (C=O) groups is 1. The molecule has 1 amide bonds. The number of nitrogens with one attached hydrogen (secondary N) is 2. The molecule has 0 radical (unpaired) electrons. The van der Waals surface area contributed by atoms with Crippen molar-refractivity contribution in [2.75, 3.05) is 30.4 Å². The Hall–Kier alpha value is -1.07. The minimum Gasteiger partial charge on any atom is -0.373 e. The van der Waals surface area contributed by atoms with Gasteiger partial charge in [0.1, 0.15) is 6.04 Å². The Labute approximate surface area is 129 Å². The van der Waals surface area contributed by atoms with Gasteiger partial charge in [0.05, 0.1) is 5.69 Å². The Bertz CT molecular complexity index is 516. The third kappa shape index (κ3) is 2.99. The van der Waals surface area contributed by atoms with E-state index in [9.17, 15) is 4.79 Å². The molecule has 1 atom stereocenters. The first-order chi connectivity index (χ1) is 9.43. The van der Waals surface area contributed by atoms with Crippen molar-refractivity contribution in [3.8, 4) is 0 Å². The van der Waals surface area contributed by atoms with Crippen LogP contribution in [0.1, 0.15) is 32.4 Å². The zero-order valence-electron chi connectivity index (χ0n) is 12.5. The zero-order valence-corrected chi connectivity index (χ0v) is 14.0. The van der Waals surface area contributed by atoms with Gasteiger partial charge in [-0.25, -0.2) is 0 Å². The fraction of sp³-hybridized carbons (Fsp3) is 0.533. The van der Waals surface area contributed by atoms with E-state index in [0.717, 1.165) is 34.5 Å². The van der Waals surface area contributed by atoms with Gasteiger partial charge >= 0.3 is 0 Å². The van der Waals surface area contributed by atoms with Gasteiger partial charge < -0.3 is 15.5 Å². The van der Waals surface area contributed by atoms with E-state index in [1.54, 1.807) is 0 Å². The number of anilines is 2. The first kappa shape index (κ1) is 15.3. The number of nitrogens with zero attached hydrogens (tertiary/aromatic N) is 1. The number of benzene rings is 1. The van der Waals surface area contributed by atoms with Gasteiger partial charge in [0.15, 0.2) is 0 Å². The number of likely N-dealkylation sites (N-methyl/N-ethyl adjacent to an activating group) is 1. The summed E-state index contributed by atoms with van der Waals surface area (Å²) in [4.78, 5) is 14.2. The Morgan fingerprint density at radius 2 is 2.15 bits per heavy atom. The fourth-order valence-corrected chi connectivity index (χ4v) is 3.28. The Morgan fingerprint density at radius 3 is 2.75 bits per heavy atom. The van der Waals surface area contributed by atoms with Gasteiger partial charge in [-0.1, -0.05) is 20.8 Å². The summed E-state index contributed by atoms with van der Waals surface area (Å²) in [6.45, 7) is 8.14. The number of fused-ring (bicyclic) bond motifs is 1. The van der Waals surface area contributed by atoms with Crippen LogP contribution in [0.5, 0.6) is 0 Å². The second-order valence-electron chi connectivity index (χ2n) is 5.65. The van der Waals surface area contributed by atoms with Crippen LogP contribution in [0.25, 0.3) is 0 Å². The number of amides is 1. The quantitative estimate of drug-likeness (QED) is 0.866. The number of halogens is 1. The number of rotatable bonds is 5. The third-order valence-electron chi connectivity index (χ3n) is 3.41.